The summed E-state index contributed by atoms with van der Waals surface area (Å²) >= 11 is 13.6. The lowest BCUT2D eigenvalue weighted by atomic mass is 10.0. The Hall–Kier alpha value is -0.710. The Morgan fingerprint density at radius 2 is 1.86 bits per heavy atom. The zero-order valence-corrected chi connectivity index (χ0v) is 15.6. The number of hydrogen-bond donors (Lipinski definition) is 0. The van der Waals surface area contributed by atoms with Gasteiger partial charge in [0.15, 0.2) is 0 Å². The summed E-state index contributed by atoms with van der Waals surface area (Å²) in [6.45, 7) is 0. The number of halogens is 3. The average molecular weight is 435 g/mol. The van der Waals surface area contributed by atoms with Crippen molar-refractivity contribution in [3.05, 3.63) is 56.5 Å². The van der Waals surface area contributed by atoms with Crippen LogP contribution in [0.15, 0.2) is 45.3 Å². The van der Waals surface area contributed by atoms with Gasteiger partial charge in [0.2, 0.25) is 0 Å². The van der Waals surface area contributed by atoms with Crippen LogP contribution in [-0.4, -0.2) is 14.2 Å². The van der Waals surface area contributed by atoms with E-state index in [1.165, 1.54) is 5.56 Å². The molecule has 2 nitrogen and oxygen atoms in total. The molecule has 0 bridgehead atoms. The van der Waals surface area contributed by atoms with E-state index in [0.29, 0.717) is 5.75 Å². The molecule has 21 heavy (non-hydrogen) atoms. The van der Waals surface area contributed by atoms with Crippen molar-refractivity contribution >= 4 is 43.5 Å². The van der Waals surface area contributed by atoms with E-state index < -0.39 is 0 Å². The summed E-state index contributed by atoms with van der Waals surface area (Å²) in [6, 6.07) is 12.0. The number of hydrogen-bond acceptors (Lipinski definition) is 2. The van der Waals surface area contributed by atoms with Gasteiger partial charge in [0.1, 0.15) is 16.0 Å². The number of ether oxygens (including phenoxy) is 2. The lowest BCUT2D eigenvalue weighted by molar-refractivity contribution is 0.386. The maximum atomic E-state index is 6.59. The van der Waals surface area contributed by atoms with E-state index in [2.05, 4.69) is 44.0 Å². The van der Waals surface area contributed by atoms with Gasteiger partial charge in [-0.2, -0.15) is 0 Å². The number of methoxy groups -OCH3 is 2. The van der Waals surface area contributed by atoms with Crippen LogP contribution in [0.5, 0.6) is 11.5 Å². The Morgan fingerprint density at radius 3 is 2.48 bits per heavy atom. The van der Waals surface area contributed by atoms with Gasteiger partial charge in [-0.15, -0.1) is 11.6 Å². The second kappa shape index (κ2) is 7.52. The highest BCUT2D eigenvalue weighted by atomic mass is 79.9. The second-order valence-corrected chi connectivity index (χ2v) is 6.74. The Labute approximate surface area is 146 Å². The summed E-state index contributed by atoms with van der Waals surface area (Å²) in [7, 11) is 3.25. The largest absolute Gasteiger partial charge is 0.495 e. The minimum Gasteiger partial charge on any atom is -0.495 e. The van der Waals surface area contributed by atoms with Crippen LogP contribution in [0.2, 0.25) is 0 Å². The van der Waals surface area contributed by atoms with Crippen LogP contribution in [0.1, 0.15) is 16.5 Å². The van der Waals surface area contributed by atoms with Gasteiger partial charge in [0.05, 0.1) is 19.6 Å². The molecule has 0 aromatic heterocycles. The first-order chi connectivity index (χ1) is 10.1. The van der Waals surface area contributed by atoms with Crippen LogP contribution in [0.3, 0.4) is 0 Å². The molecule has 0 N–H and O–H groups in total. The van der Waals surface area contributed by atoms with Crippen LogP contribution in [0.4, 0.5) is 0 Å². The molecule has 0 saturated heterocycles. The molecule has 0 aliphatic carbocycles. The molecule has 5 heteroatoms. The minimum atomic E-state index is -0.184. The molecule has 0 aliphatic rings. The standard InChI is InChI=1S/C16H15Br2ClO2/c1-20-14-7-6-12(16(21-2)15(14)18)13(19)9-10-4-3-5-11(17)8-10/h3-8,13H,9H2,1-2H3. The molecule has 0 aliphatic heterocycles. The van der Waals surface area contributed by atoms with Gasteiger partial charge in [-0.1, -0.05) is 34.1 Å². The highest BCUT2D eigenvalue weighted by molar-refractivity contribution is 9.11. The fourth-order valence-corrected chi connectivity index (χ4v) is 3.63. The van der Waals surface area contributed by atoms with Crippen LogP contribution >= 0.6 is 43.5 Å². The number of benzene rings is 2. The monoisotopic (exact) mass is 432 g/mol. The van der Waals surface area contributed by atoms with Crippen molar-refractivity contribution in [1.29, 1.82) is 0 Å². The van der Waals surface area contributed by atoms with Gasteiger partial charge < -0.3 is 9.47 Å². The first-order valence-corrected chi connectivity index (χ1v) is 8.38. The molecule has 2 rings (SSSR count). The van der Waals surface area contributed by atoms with E-state index in [1.807, 2.05) is 24.3 Å². The van der Waals surface area contributed by atoms with Gasteiger partial charge in [-0.3, -0.25) is 0 Å². The van der Waals surface area contributed by atoms with E-state index in [0.717, 1.165) is 26.7 Å². The predicted octanol–water partition coefficient (Wildman–Crippen LogP) is 5.75. The van der Waals surface area contributed by atoms with Crippen molar-refractivity contribution in [2.45, 2.75) is 11.8 Å². The molecule has 2 aromatic carbocycles. The van der Waals surface area contributed by atoms with Crippen LogP contribution in [-0.2, 0) is 6.42 Å². The first kappa shape index (κ1) is 16.7. The smallest absolute Gasteiger partial charge is 0.141 e. The van der Waals surface area contributed by atoms with Gasteiger partial charge in [0, 0.05) is 10.0 Å². The predicted molar refractivity (Wildman–Crippen MR) is 93.7 cm³/mol. The van der Waals surface area contributed by atoms with Gasteiger partial charge >= 0.3 is 0 Å². The normalized spacial score (nSPS) is 12.0. The van der Waals surface area contributed by atoms with Crippen molar-refractivity contribution in [3.8, 4) is 11.5 Å². The average Bonchev–Trinajstić information content (AvgIpc) is 2.46. The van der Waals surface area contributed by atoms with Gasteiger partial charge in [0.25, 0.3) is 0 Å². The molecule has 1 unspecified atom stereocenters. The quantitative estimate of drug-likeness (QED) is 0.558. The minimum absolute atomic E-state index is 0.184. The molecular formula is C16H15Br2ClO2. The third-order valence-electron chi connectivity index (χ3n) is 3.16. The van der Waals surface area contributed by atoms with Crippen LogP contribution in [0.25, 0.3) is 0 Å². The topological polar surface area (TPSA) is 18.5 Å². The summed E-state index contributed by atoms with van der Waals surface area (Å²) in [5.74, 6) is 1.44. The lowest BCUT2D eigenvalue weighted by Gasteiger charge is -2.17. The van der Waals surface area contributed by atoms with Gasteiger partial charge in [-0.25, -0.2) is 0 Å². The van der Waals surface area contributed by atoms with E-state index in [-0.39, 0.29) is 5.38 Å². The van der Waals surface area contributed by atoms with Crippen molar-refractivity contribution < 1.29 is 9.47 Å². The highest BCUT2D eigenvalue weighted by Gasteiger charge is 2.19. The fourth-order valence-electron chi connectivity index (χ4n) is 2.15. The Balaban J connectivity index is 2.30. The van der Waals surface area contributed by atoms with Gasteiger partial charge in [-0.05, 0) is 46.1 Å². The van der Waals surface area contributed by atoms with Crippen molar-refractivity contribution in [2.75, 3.05) is 14.2 Å². The van der Waals surface area contributed by atoms with Crippen molar-refractivity contribution in [3.63, 3.8) is 0 Å². The molecule has 0 amide bonds. The number of rotatable bonds is 5. The highest BCUT2D eigenvalue weighted by Crippen LogP contribution is 2.42. The Kier molecular flexibility index (Phi) is 5.97. The van der Waals surface area contributed by atoms with Crippen molar-refractivity contribution in [2.24, 2.45) is 0 Å². The maximum absolute atomic E-state index is 6.59. The zero-order chi connectivity index (χ0) is 15.4. The third kappa shape index (κ3) is 3.93. The summed E-state index contributed by atoms with van der Waals surface area (Å²) in [5, 5.41) is -0.184. The summed E-state index contributed by atoms with van der Waals surface area (Å²) in [6.07, 6.45) is 0.718. The first-order valence-electron chi connectivity index (χ1n) is 6.35. The Bertz CT molecular complexity index is 632. The third-order valence-corrected chi connectivity index (χ3v) is 4.79. The van der Waals surface area contributed by atoms with E-state index in [4.69, 9.17) is 21.1 Å². The lowest BCUT2D eigenvalue weighted by Crippen LogP contribution is -2.01. The summed E-state index contributed by atoms with van der Waals surface area (Å²) in [5.41, 5.74) is 2.10. The zero-order valence-electron chi connectivity index (χ0n) is 11.7. The number of alkyl halides is 1. The summed E-state index contributed by atoms with van der Waals surface area (Å²) in [4.78, 5) is 0. The molecule has 0 heterocycles. The van der Waals surface area contributed by atoms with E-state index >= 15 is 0 Å². The van der Waals surface area contributed by atoms with Crippen LogP contribution < -0.4 is 9.47 Å². The molecule has 0 fully saturated rings. The molecule has 0 spiro atoms. The molecule has 0 saturated carbocycles. The van der Waals surface area contributed by atoms with E-state index in [9.17, 15) is 0 Å². The fraction of sp³-hybridized carbons (Fsp3) is 0.250. The maximum Gasteiger partial charge on any atom is 0.141 e. The summed E-state index contributed by atoms with van der Waals surface area (Å²) < 4.78 is 12.6. The Morgan fingerprint density at radius 1 is 1.10 bits per heavy atom. The molecule has 112 valence electrons. The molecule has 0 radical (unpaired) electrons. The van der Waals surface area contributed by atoms with Crippen molar-refractivity contribution in [1.82, 2.24) is 0 Å². The molecule has 1 atom stereocenters. The van der Waals surface area contributed by atoms with Crippen LogP contribution in [0, 0.1) is 0 Å². The molecule has 2 aromatic rings. The second-order valence-electron chi connectivity index (χ2n) is 4.51. The van der Waals surface area contributed by atoms with E-state index in [1.54, 1.807) is 14.2 Å². The SMILES string of the molecule is COc1ccc(C(Cl)Cc2cccc(Br)c2)c(OC)c1Br. The molecular weight excluding hydrogens is 419 g/mol.